The van der Waals surface area contributed by atoms with Crippen LogP contribution >= 0.6 is 0 Å². The van der Waals surface area contributed by atoms with Crippen LogP contribution in [0.15, 0.2) is 17.1 Å². The lowest BCUT2D eigenvalue weighted by atomic mass is 10.1. The Balaban J connectivity index is 2.13. The van der Waals surface area contributed by atoms with Crippen molar-refractivity contribution in [2.24, 2.45) is 0 Å². The third-order valence-corrected chi connectivity index (χ3v) is 4.88. The molecule has 0 saturated carbocycles. The van der Waals surface area contributed by atoms with Crippen LogP contribution < -0.4 is 15.6 Å². The first kappa shape index (κ1) is 20.2. The van der Waals surface area contributed by atoms with Gasteiger partial charge in [0.15, 0.2) is 5.82 Å². The Labute approximate surface area is 160 Å². The second-order valence-electron chi connectivity index (χ2n) is 6.63. The summed E-state index contributed by atoms with van der Waals surface area (Å²) in [7, 11) is 0. The minimum Gasteiger partial charge on any atom is -0.477 e. The van der Waals surface area contributed by atoms with Gasteiger partial charge in [0.05, 0.1) is 23.6 Å². The number of fused-ring (bicyclic) bond motifs is 1. The van der Waals surface area contributed by atoms with Gasteiger partial charge in [0.2, 0.25) is 5.43 Å². The monoisotopic (exact) mass is 395 g/mol. The molecule has 7 nitrogen and oxygen atoms in total. The van der Waals surface area contributed by atoms with Gasteiger partial charge in [-0.15, -0.1) is 0 Å². The lowest BCUT2D eigenvalue weighted by molar-refractivity contribution is 0.0408. The fourth-order valence-corrected chi connectivity index (χ4v) is 3.52. The molecular weight excluding hydrogens is 372 g/mol. The Morgan fingerprint density at radius 2 is 2.14 bits per heavy atom. The maximum atomic E-state index is 15.4. The van der Waals surface area contributed by atoms with E-state index in [2.05, 4.69) is 5.32 Å². The van der Waals surface area contributed by atoms with Crippen molar-refractivity contribution in [2.75, 3.05) is 37.7 Å². The van der Waals surface area contributed by atoms with Crippen molar-refractivity contribution >= 4 is 22.6 Å². The minimum atomic E-state index is -1.43. The number of hydrogen-bond donors (Lipinski definition) is 2. The number of pyridine rings is 1. The highest BCUT2D eigenvalue weighted by atomic mass is 19.1. The van der Waals surface area contributed by atoms with Gasteiger partial charge in [-0.3, -0.25) is 4.79 Å². The molecule has 0 amide bonds. The number of halogens is 2. The van der Waals surface area contributed by atoms with Crippen molar-refractivity contribution in [3.8, 4) is 0 Å². The molecule has 1 fully saturated rings. The molecule has 0 spiro atoms. The summed E-state index contributed by atoms with van der Waals surface area (Å²) < 4.78 is 37.2. The van der Waals surface area contributed by atoms with Crippen molar-refractivity contribution in [2.45, 2.75) is 26.5 Å². The van der Waals surface area contributed by atoms with E-state index in [0.717, 1.165) is 18.8 Å². The predicted octanol–water partition coefficient (Wildman–Crippen LogP) is 1.81. The maximum absolute atomic E-state index is 15.4. The van der Waals surface area contributed by atoms with E-state index in [1.165, 1.54) is 4.57 Å². The Morgan fingerprint density at radius 3 is 2.79 bits per heavy atom. The first-order valence-corrected chi connectivity index (χ1v) is 9.24. The number of carboxylic acids is 1. The normalized spacial score (nSPS) is 17.3. The smallest absolute Gasteiger partial charge is 0.341 e. The highest BCUT2D eigenvalue weighted by Crippen LogP contribution is 2.31. The van der Waals surface area contributed by atoms with E-state index < -0.39 is 28.6 Å². The predicted molar refractivity (Wildman–Crippen MR) is 101 cm³/mol. The van der Waals surface area contributed by atoms with E-state index in [0.29, 0.717) is 26.2 Å². The zero-order valence-corrected chi connectivity index (χ0v) is 15.8. The van der Waals surface area contributed by atoms with Crippen LogP contribution in [0.1, 0.15) is 24.2 Å². The fraction of sp³-hybridized carbons (Fsp3) is 0.474. The van der Waals surface area contributed by atoms with Crippen molar-refractivity contribution in [3.05, 3.63) is 39.7 Å². The molecule has 2 N–H and O–H groups in total. The van der Waals surface area contributed by atoms with Crippen molar-refractivity contribution in [1.29, 1.82) is 0 Å². The van der Waals surface area contributed by atoms with Gasteiger partial charge in [0, 0.05) is 32.4 Å². The summed E-state index contributed by atoms with van der Waals surface area (Å²) in [6.07, 6.45) is 0.886. The average molecular weight is 395 g/mol. The van der Waals surface area contributed by atoms with E-state index in [1.807, 2.05) is 6.92 Å². The van der Waals surface area contributed by atoms with Gasteiger partial charge in [-0.05, 0) is 19.5 Å². The summed E-state index contributed by atoms with van der Waals surface area (Å²) in [5.41, 5.74) is -1.73. The topological polar surface area (TPSA) is 83.8 Å². The number of hydrogen-bond acceptors (Lipinski definition) is 5. The largest absolute Gasteiger partial charge is 0.477 e. The van der Waals surface area contributed by atoms with Crippen LogP contribution in [-0.2, 0) is 11.3 Å². The Kier molecular flexibility index (Phi) is 5.95. The number of anilines is 1. The molecule has 0 aliphatic carbocycles. The number of carbonyl (C=O) groups is 1. The molecule has 0 radical (unpaired) electrons. The molecule has 1 saturated heterocycles. The number of nitrogens with zero attached hydrogens (tertiary/aromatic N) is 2. The first-order valence-electron chi connectivity index (χ1n) is 9.24. The van der Waals surface area contributed by atoms with E-state index in [9.17, 15) is 19.1 Å². The summed E-state index contributed by atoms with van der Waals surface area (Å²) in [4.78, 5) is 25.3. The summed E-state index contributed by atoms with van der Waals surface area (Å²) in [5.74, 6) is -3.19. The highest BCUT2D eigenvalue weighted by molar-refractivity contribution is 5.93. The van der Waals surface area contributed by atoms with Crippen LogP contribution in [0.4, 0.5) is 14.5 Å². The Hall–Kier alpha value is -2.52. The molecule has 152 valence electrons. The number of nitrogens with one attached hydrogen (secondary N) is 1. The summed E-state index contributed by atoms with van der Waals surface area (Å²) in [6.45, 7) is 6.13. The zero-order valence-electron chi connectivity index (χ0n) is 15.8. The van der Waals surface area contributed by atoms with Crippen molar-refractivity contribution in [1.82, 2.24) is 9.88 Å². The van der Waals surface area contributed by atoms with E-state index >= 15 is 4.39 Å². The number of carboxylic acid groups (broad SMARTS) is 1. The molecule has 1 unspecified atom stereocenters. The maximum Gasteiger partial charge on any atom is 0.341 e. The summed E-state index contributed by atoms with van der Waals surface area (Å²) in [5, 5.41) is 12.1. The SMILES string of the molecule is CCNCC1CN(c2c(F)cc3c(=O)c(C(=O)O)cn(CC)c3c2F)CCO1. The number of ether oxygens (including phenoxy) is 1. The van der Waals surface area contributed by atoms with Crippen LogP contribution in [0.3, 0.4) is 0 Å². The van der Waals surface area contributed by atoms with Gasteiger partial charge in [0.1, 0.15) is 17.1 Å². The van der Waals surface area contributed by atoms with Gasteiger partial charge >= 0.3 is 5.97 Å². The molecule has 2 heterocycles. The second kappa shape index (κ2) is 8.24. The first-order chi connectivity index (χ1) is 13.4. The highest BCUT2D eigenvalue weighted by Gasteiger charge is 2.28. The lowest BCUT2D eigenvalue weighted by Gasteiger charge is -2.35. The molecule has 3 rings (SSSR count). The molecule has 1 atom stereocenters. The minimum absolute atomic E-state index is 0.0939. The number of benzene rings is 1. The summed E-state index contributed by atoms with van der Waals surface area (Å²) in [6, 6.07) is 0.934. The molecule has 1 aromatic carbocycles. The van der Waals surface area contributed by atoms with E-state index in [4.69, 9.17) is 4.74 Å². The molecular formula is C19H23F2N3O4. The van der Waals surface area contributed by atoms with Gasteiger partial charge < -0.3 is 24.6 Å². The standard InChI is InChI=1S/C19H23F2N3O4/c1-3-22-8-11-9-24(5-6-28-11)17-14(20)7-12-16(15(17)21)23(4-2)10-13(18(12)25)19(26)27/h7,10-11,22H,3-6,8-9H2,1-2H3,(H,26,27). The van der Waals surface area contributed by atoms with Crippen molar-refractivity contribution < 1.29 is 23.4 Å². The quantitative estimate of drug-likeness (QED) is 0.776. The van der Waals surface area contributed by atoms with Gasteiger partial charge in [-0.25, -0.2) is 13.6 Å². The third kappa shape index (κ3) is 3.59. The summed E-state index contributed by atoms with van der Waals surface area (Å²) >= 11 is 0. The second-order valence-corrected chi connectivity index (χ2v) is 6.63. The number of likely N-dealkylation sites (N-methyl/N-ethyl adjacent to an activating group) is 1. The van der Waals surface area contributed by atoms with Crippen molar-refractivity contribution in [3.63, 3.8) is 0 Å². The van der Waals surface area contributed by atoms with E-state index in [1.54, 1.807) is 11.8 Å². The number of aryl methyl sites for hydroxylation is 1. The van der Waals surface area contributed by atoms with Gasteiger partial charge in [-0.1, -0.05) is 6.92 Å². The molecule has 9 heteroatoms. The fourth-order valence-electron chi connectivity index (χ4n) is 3.52. The average Bonchev–Trinajstić information content (AvgIpc) is 2.67. The molecule has 28 heavy (non-hydrogen) atoms. The van der Waals surface area contributed by atoms with Crippen LogP contribution in [0.2, 0.25) is 0 Å². The zero-order chi connectivity index (χ0) is 20.4. The molecule has 1 aliphatic rings. The van der Waals surface area contributed by atoms with Crippen LogP contribution in [0, 0.1) is 11.6 Å². The lowest BCUT2D eigenvalue weighted by Crippen LogP contribution is -2.47. The van der Waals surface area contributed by atoms with Gasteiger partial charge in [0.25, 0.3) is 0 Å². The number of morpholine rings is 1. The number of rotatable bonds is 6. The Morgan fingerprint density at radius 1 is 1.39 bits per heavy atom. The van der Waals surface area contributed by atoms with E-state index in [-0.39, 0.29) is 29.2 Å². The third-order valence-electron chi connectivity index (χ3n) is 4.88. The molecule has 0 bridgehead atoms. The molecule has 1 aliphatic heterocycles. The van der Waals surface area contributed by atoms with Gasteiger partial charge in [-0.2, -0.15) is 0 Å². The van der Waals surface area contributed by atoms with Crippen LogP contribution in [-0.4, -0.2) is 54.5 Å². The number of aromatic carboxylic acids is 1. The molecule has 2 aromatic rings. The Bertz CT molecular complexity index is 961. The number of aromatic nitrogens is 1. The molecule has 1 aromatic heterocycles. The van der Waals surface area contributed by atoms with Crippen LogP contribution in [0.25, 0.3) is 10.9 Å². The van der Waals surface area contributed by atoms with Crippen LogP contribution in [0.5, 0.6) is 0 Å².